The van der Waals surface area contributed by atoms with E-state index in [9.17, 15) is 14.9 Å². The molecule has 0 bridgehead atoms. The van der Waals surface area contributed by atoms with E-state index >= 15 is 0 Å². The van der Waals surface area contributed by atoms with Crippen LogP contribution in [0.2, 0.25) is 10.3 Å². The minimum atomic E-state index is -0.613. The zero-order chi connectivity index (χ0) is 15.6. The van der Waals surface area contributed by atoms with Gasteiger partial charge in [0.25, 0.3) is 11.6 Å². The van der Waals surface area contributed by atoms with Crippen LogP contribution in [0, 0.1) is 10.1 Å². The fraction of sp³-hybridized carbons (Fsp3) is 0. The molecule has 2 aromatic rings. The molecule has 7 nitrogen and oxygen atoms in total. The van der Waals surface area contributed by atoms with Crippen molar-refractivity contribution in [1.29, 1.82) is 0 Å². The van der Waals surface area contributed by atoms with Gasteiger partial charge in [-0.1, -0.05) is 23.2 Å². The molecule has 108 valence electrons. The highest BCUT2D eigenvalue weighted by Gasteiger charge is 2.16. The third-order valence-electron chi connectivity index (χ3n) is 2.37. The zero-order valence-corrected chi connectivity index (χ0v) is 13.1. The van der Waals surface area contributed by atoms with Crippen molar-refractivity contribution in [2.24, 2.45) is 0 Å². The average molecular weight is 392 g/mol. The smallest absolute Gasteiger partial charge is 0.271 e. The van der Waals surface area contributed by atoms with Gasteiger partial charge in [0.2, 0.25) is 0 Å². The number of amides is 1. The van der Waals surface area contributed by atoms with Gasteiger partial charge in [0.1, 0.15) is 0 Å². The van der Waals surface area contributed by atoms with Crippen molar-refractivity contribution in [1.82, 2.24) is 10.2 Å². The largest absolute Gasteiger partial charge is 0.321 e. The number of carbonyl (C=O) groups is 1. The molecule has 1 N–H and O–H groups in total. The fourth-order valence-electron chi connectivity index (χ4n) is 1.42. The number of rotatable bonds is 3. The Bertz CT molecular complexity index is 741. The van der Waals surface area contributed by atoms with Crippen molar-refractivity contribution >= 4 is 56.4 Å². The van der Waals surface area contributed by atoms with E-state index in [1.807, 2.05) is 0 Å². The molecule has 1 aromatic heterocycles. The Morgan fingerprint density at radius 2 is 2.00 bits per heavy atom. The second-order valence-corrected chi connectivity index (χ2v) is 5.35. The molecule has 0 unspecified atom stereocenters. The molecule has 1 amide bonds. The standard InChI is InChI=1S/C11H5BrCl2N4O3/c12-7-2-1-5(18(20)21)3-8(7)15-11(19)6-4-9(13)16-17-10(6)14/h1-4H,(H,15,19). The molecule has 0 fully saturated rings. The number of aromatic nitrogens is 2. The number of benzene rings is 1. The number of nitro groups is 1. The zero-order valence-electron chi connectivity index (χ0n) is 10.0. The van der Waals surface area contributed by atoms with Crippen LogP contribution in [0.25, 0.3) is 0 Å². The van der Waals surface area contributed by atoms with E-state index in [0.717, 1.165) is 0 Å². The molecule has 0 saturated heterocycles. The van der Waals surface area contributed by atoms with Crippen LogP contribution in [-0.2, 0) is 0 Å². The maximum absolute atomic E-state index is 12.1. The molecule has 0 atom stereocenters. The lowest BCUT2D eigenvalue weighted by atomic mass is 10.2. The molecule has 21 heavy (non-hydrogen) atoms. The Morgan fingerprint density at radius 3 is 2.67 bits per heavy atom. The van der Waals surface area contributed by atoms with Crippen LogP contribution < -0.4 is 5.32 Å². The van der Waals surface area contributed by atoms with Crippen LogP contribution in [0.1, 0.15) is 10.4 Å². The molecule has 0 aliphatic carbocycles. The van der Waals surface area contributed by atoms with Crippen molar-refractivity contribution in [2.45, 2.75) is 0 Å². The lowest BCUT2D eigenvalue weighted by Gasteiger charge is -2.08. The minimum absolute atomic E-state index is 0.00246. The van der Waals surface area contributed by atoms with Gasteiger partial charge in [0.05, 0.1) is 16.2 Å². The van der Waals surface area contributed by atoms with Crippen LogP contribution in [0.3, 0.4) is 0 Å². The third kappa shape index (κ3) is 3.66. The Kier molecular flexibility index (Phi) is 4.71. The summed E-state index contributed by atoms with van der Waals surface area (Å²) in [6.45, 7) is 0. The van der Waals surface area contributed by atoms with E-state index in [2.05, 4.69) is 31.4 Å². The summed E-state index contributed by atoms with van der Waals surface area (Å²) in [5, 5.41) is 20.1. The first kappa shape index (κ1) is 15.6. The number of hydrogen-bond donors (Lipinski definition) is 1. The number of non-ortho nitro benzene ring substituents is 1. The lowest BCUT2D eigenvalue weighted by Crippen LogP contribution is -2.14. The summed E-state index contributed by atoms with van der Waals surface area (Å²) in [6.07, 6.45) is 0. The van der Waals surface area contributed by atoms with E-state index < -0.39 is 10.8 Å². The SMILES string of the molecule is O=C(Nc1cc([N+](=O)[O-])ccc1Br)c1cc(Cl)nnc1Cl. The van der Waals surface area contributed by atoms with Gasteiger partial charge in [-0.15, -0.1) is 10.2 Å². The third-order valence-corrected chi connectivity index (χ3v) is 3.53. The van der Waals surface area contributed by atoms with Crippen molar-refractivity contribution < 1.29 is 9.72 Å². The predicted molar refractivity (Wildman–Crippen MR) is 80.8 cm³/mol. The quantitative estimate of drug-likeness (QED) is 0.635. The molecule has 0 aliphatic heterocycles. The molecular weight excluding hydrogens is 387 g/mol. The van der Waals surface area contributed by atoms with E-state index in [1.165, 1.54) is 24.3 Å². The summed E-state index contributed by atoms with van der Waals surface area (Å²) in [5.41, 5.74) is 0.0683. The molecule has 10 heteroatoms. The Labute approximate surface area is 136 Å². The van der Waals surface area contributed by atoms with Gasteiger partial charge in [-0.25, -0.2) is 0 Å². The maximum Gasteiger partial charge on any atom is 0.271 e. The summed E-state index contributed by atoms with van der Waals surface area (Å²) in [7, 11) is 0. The monoisotopic (exact) mass is 390 g/mol. The summed E-state index contributed by atoms with van der Waals surface area (Å²) in [4.78, 5) is 22.3. The molecule has 0 spiro atoms. The number of nitrogens with one attached hydrogen (secondary N) is 1. The number of hydrogen-bond acceptors (Lipinski definition) is 5. The van der Waals surface area contributed by atoms with Gasteiger partial charge in [0.15, 0.2) is 10.3 Å². The van der Waals surface area contributed by atoms with Crippen LogP contribution in [0.4, 0.5) is 11.4 Å². The summed E-state index contributed by atoms with van der Waals surface area (Å²) in [5.74, 6) is -0.613. The first-order valence-electron chi connectivity index (χ1n) is 5.32. The van der Waals surface area contributed by atoms with Gasteiger partial charge in [-0.2, -0.15) is 0 Å². The fourth-order valence-corrected chi connectivity index (χ4v) is 2.10. The summed E-state index contributed by atoms with van der Waals surface area (Å²) < 4.78 is 0.477. The topological polar surface area (TPSA) is 98.0 Å². The van der Waals surface area contributed by atoms with Crippen molar-refractivity contribution in [2.75, 3.05) is 5.32 Å². The normalized spacial score (nSPS) is 10.2. The molecule has 0 radical (unpaired) electrons. The van der Waals surface area contributed by atoms with Gasteiger partial charge in [-0.05, 0) is 28.1 Å². The molecule has 0 saturated carbocycles. The van der Waals surface area contributed by atoms with Gasteiger partial charge in [-0.3, -0.25) is 14.9 Å². The summed E-state index contributed by atoms with van der Waals surface area (Å²) in [6, 6.07) is 5.22. The highest BCUT2D eigenvalue weighted by Crippen LogP contribution is 2.28. The Balaban J connectivity index is 2.33. The van der Waals surface area contributed by atoms with Crippen LogP contribution >= 0.6 is 39.1 Å². The molecular formula is C11H5BrCl2N4O3. The number of carbonyl (C=O) groups excluding carboxylic acids is 1. The van der Waals surface area contributed by atoms with Crippen molar-refractivity contribution in [3.8, 4) is 0 Å². The second-order valence-electron chi connectivity index (χ2n) is 3.75. The lowest BCUT2D eigenvalue weighted by molar-refractivity contribution is -0.384. The number of nitro benzene ring substituents is 1. The molecule has 1 aromatic carbocycles. The first-order valence-corrected chi connectivity index (χ1v) is 6.87. The number of halogens is 3. The molecule has 1 heterocycles. The Morgan fingerprint density at radius 1 is 1.29 bits per heavy atom. The van der Waals surface area contributed by atoms with E-state index in [1.54, 1.807) is 0 Å². The second kappa shape index (κ2) is 6.33. The van der Waals surface area contributed by atoms with Crippen molar-refractivity contribution in [3.63, 3.8) is 0 Å². The van der Waals surface area contributed by atoms with Crippen LogP contribution in [-0.4, -0.2) is 21.0 Å². The van der Waals surface area contributed by atoms with Crippen LogP contribution in [0.15, 0.2) is 28.7 Å². The van der Waals surface area contributed by atoms with E-state index in [-0.39, 0.29) is 27.2 Å². The molecule has 2 rings (SSSR count). The van der Waals surface area contributed by atoms with Gasteiger partial charge >= 0.3 is 0 Å². The van der Waals surface area contributed by atoms with E-state index in [0.29, 0.717) is 4.47 Å². The highest BCUT2D eigenvalue weighted by atomic mass is 79.9. The first-order chi connectivity index (χ1) is 9.88. The van der Waals surface area contributed by atoms with Crippen LogP contribution in [0.5, 0.6) is 0 Å². The van der Waals surface area contributed by atoms with E-state index in [4.69, 9.17) is 23.2 Å². The number of nitrogens with zero attached hydrogens (tertiary/aromatic N) is 3. The van der Waals surface area contributed by atoms with Crippen molar-refractivity contribution in [3.05, 3.63) is 54.7 Å². The Hall–Kier alpha value is -1.77. The number of anilines is 1. The maximum atomic E-state index is 12.1. The van der Waals surface area contributed by atoms with Gasteiger partial charge < -0.3 is 5.32 Å². The summed E-state index contributed by atoms with van der Waals surface area (Å²) >= 11 is 14.6. The average Bonchev–Trinajstić information content (AvgIpc) is 2.43. The highest BCUT2D eigenvalue weighted by molar-refractivity contribution is 9.10. The predicted octanol–water partition coefficient (Wildman–Crippen LogP) is 3.71. The van der Waals surface area contributed by atoms with Gasteiger partial charge in [0, 0.05) is 16.6 Å². The minimum Gasteiger partial charge on any atom is -0.321 e. The molecule has 0 aliphatic rings.